The van der Waals surface area contributed by atoms with Gasteiger partial charge in [0.15, 0.2) is 5.82 Å². The second-order valence-corrected chi connectivity index (χ2v) is 3.89. The molecule has 0 radical (unpaired) electrons. The van der Waals surface area contributed by atoms with E-state index in [4.69, 9.17) is 5.73 Å². The van der Waals surface area contributed by atoms with Gasteiger partial charge in [0.25, 0.3) is 0 Å². The van der Waals surface area contributed by atoms with Gasteiger partial charge in [-0.3, -0.25) is 0 Å². The Balaban J connectivity index is 2.51. The van der Waals surface area contributed by atoms with Crippen molar-refractivity contribution < 1.29 is 9.53 Å². The molecule has 0 bridgehead atoms. The third-order valence-corrected chi connectivity index (χ3v) is 2.73. The summed E-state index contributed by atoms with van der Waals surface area (Å²) >= 11 is 0. The van der Waals surface area contributed by atoms with Crippen molar-refractivity contribution in [3.63, 3.8) is 0 Å². The Labute approximate surface area is 104 Å². The van der Waals surface area contributed by atoms with Crippen molar-refractivity contribution in [1.82, 2.24) is 14.8 Å². The van der Waals surface area contributed by atoms with Gasteiger partial charge in [-0.2, -0.15) is 5.10 Å². The van der Waals surface area contributed by atoms with Gasteiger partial charge in [-0.25, -0.2) is 14.5 Å². The average Bonchev–Trinajstić information content (AvgIpc) is 2.66. The molecule has 2 rings (SSSR count). The minimum atomic E-state index is -0.409. The van der Waals surface area contributed by atoms with Crippen LogP contribution in [0.3, 0.4) is 0 Å². The zero-order valence-corrected chi connectivity index (χ0v) is 10.5. The summed E-state index contributed by atoms with van der Waals surface area (Å²) < 4.78 is 6.27. The van der Waals surface area contributed by atoms with Crippen LogP contribution in [-0.2, 0) is 4.74 Å². The minimum absolute atomic E-state index is 0.409. The molecule has 0 spiro atoms. The van der Waals surface area contributed by atoms with E-state index in [0.717, 1.165) is 11.4 Å². The highest BCUT2D eigenvalue weighted by Gasteiger charge is 2.13. The first kappa shape index (κ1) is 12.1. The molecule has 6 heteroatoms. The van der Waals surface area contributed by atoms with E-state index < -0.39 is 5.97 Å². The highest BCUT2D eigenvalue weighted by Crippen LogP contribution is 2.18. The van der Waals surface area contributed by atoms with Crippen LogP contribution in [0.25, 0.3) is 5.82 Å². The smallest absolute Gasteiger partial charge is 0.338 e. The van der Waals surface area contributed by atoms with Crippen LogP contribution in [0.15, 0.2) is 18.3 Å². The molecule has 0 aliphatic rings. The molecule has 6 nitrogen and oxygen atoms in total. The van der Waals surface area contributed by atoms with E-state index in [2.05, 4.69) is 14.8 Å². The molecule has 18 heavy (non-hydrogen) atoms. The first-order valence-electron chi connectivity index (χ1n) is 5.41. The molecule has 0 aliphatic carbocycles. The summed E-state index contributed by atoms with van der Waals surface area (Å²) in [4.78, 5) is 15.6. The standard InChI is InChI=1S/C12H14N4O2/c1-7-11(13)8(2)16(15-7)10-6-9(4-5-14-10)12(17)18-3/h4-6H,13H2,1-3H3. The van der Waals surface area contributed by atoms with Gasteiger partial charge in [0.2, 0.25) is 0 Å². The number of methoxy groups -OCH3 is 1. The molecule has 0 saturated carbocycles. The van der Waals surface area contributed by atoms with E-state index in [9.17, 15) is 4.79 Å². The highest BCUT2D eigenvalue weighted by atomic mass is 16.5. The Kier molecular flexibility index (Phi) is 3.01. The molecule has 0 fully saturated rings. The van der Waals surface area contributed by atoms with Gasteiger partial charge >= 0.3 is 5.97 Å². The fourth-order valence-electron chi connectivity index (χ4n) is 1.66. The lowest BCUT2D eigenvalue weighted by atomic mass is 10.2. The van der Waals surface area contributed by atoms with E-state index in [0.29, 0.717) is 17.1 Å². The maximum atomic E-state index is 11.4. The molecule has 0 atom stereocenters. The lowest BCUT2D eigenvalue weighted by Crippen LogP contribution is -2.06. The van der Waals surface area contributed by atoms with Gasteiger partial charge in [-0.1, -0.05) is 0 Å². The molecule has 0 aliphatic heterocycles. The van der Waals surface area contributed by atoms with Gasteiger partial charge in [0, 0.05) is 6.20 Å². The zero-order valence-electron chi connectivity index (χ0n) is 10.5. The molecule has 2 aromatic heterocycles. The second-order valence-electron chi connectivity index (χ2n) is 3.89. The van der Waals surface area contributed by atoms with Crippen molar-refractivity contribution in [3.05, 3.63) is 35.3 Å². The number of nitrogens with zero attached hydrogens (tertiary/aromatic N) is 3. The number of anilines is 1. The molecular formula is C12H14N4O2. The molecular weight excluding hydrogens is 232 g/mol. The van der Waals surface area contributed by atoms with Gasteiger partial charge in [0.1, 0.15) is 0 Å². The number of ether oxygens (including phenoxy) is 1. The van der Waals surface area contributed by atoms with Gasteiger partial charge in [-0.05, 0) is 26.0 Å². The number of aryl methyl sites for hydroxylation is 1. The number of hydrogen-bond donors (Lipinski definition) is 1. The van der Waals surface area contributed by atoms with Crippen LogP contribution >= 0.6 is 0 Å². The summed E-state index contributed by atoms with van der Waals surface area (Å²) in [5.74, 6) is 0.128. The van der Waals surface area contributed by atoms with E-state index in [-0.39, 0.29) is 0 Å². The maximum absolute atomic E-state index is 11.4. The van der Waals surface area contributed by atoms with Crippen LogP contribution in [0.5, 0.6) is 0 Å². The third kappa shape index (κ3) is 1.92. The summed E-state index contributed by atoms with van der Waals surface area (Å²) in [5, 5.41) is 4.28. The number of pyridine rings is 1. The monoisotopic (exact) mass is 246 g/mol. The molecule has 2 N–H and O–H groups in total. The first-order valence-corrected chi connectivity index (χ1v) is 5.41. The van der Waals surface area contributed by atoms with Gasteiger partial charge in [-0.15, -0.1) is 0 Å². The Morgan fingerprint density at radius 2 is 2.17 bits per heavy atom. The second kappa shape index (κ2) is 4.48. The van der Waals surface area contributed by atoms with Crippen molar-refractivity contribution in [1.29, 1.82) is 0 Å². The number of rotatable bonds is 2. The number of nitrogens with two attached hydrogens (primary N) is 1. The fraction of sp³-hybridized carbons (Fsp3) is 0.250. The number of carbonyl (C=O) groups excluding carboxylic acids is 1. The number of aromatic nitrogens is 3. The number of hydrogen-bond acceptors (Lipinski definition) is 5. The van der Waals surface area contributed by atoms with E-state index in [1.165, 1.54) is 13.3 Å². The van der Waals surface area contributed by atoms with Gasteiger partial charge < -0.3 is 10.5 Å². The molecule has 0 unspecified atom stereocenters. The summed E-state index contributed by atoms with van der Waals surface area (Å²) in [7, 11) is 1.34. The van der Waals surface area contributed by atoms with Crippen molar-refractivity contribution in [2.45, 2.75) is 13.8 Å². The quantitative estimate of drug-likeness (QED) is 0.806. The van der Waals surface area contributed by atoms with Crippen LogP contribution in [0.2, 0.25) is 0 Å². The van der Waals surface area contributed by atoms with Crippen LogP contribution in [0.4, 0.5) is 5.69 Å². The van der Waals surface area contributed by atoms with Gasteiger partial charge in [0.05, 0.1) is 29.7 Å². The van der Waals surface area contributed by atoms with Crippen LogP contribution in [-0.4, -0.2) is 27.8 Å². The molecule has 2 aromatic rings. The maximum Gasteiger partial charge on any atom is 0.338 e. The Morgan fingerprint density at radius 1 is 1.44 bits per heavy atom. The predicted octanol–water partition coefficient (Wildman–Crippen LogP) is 1.25. The lowest BCUT2D eigenvalue weighted by Gasteiger charge is -2.05. The van der Waals surface area contributed by atoms with E-state index >= 15 is 0 Å². The summed E-state index contributed by atoms with van der Waals surface area (Å²) in [6.45, 7) is 3.67. The SMILES string of the molecule is COC(=O)c1ccnc(-n2nc(C)c(N)c2C)c1. The molecule has 0 saturated heterocycles. The Bertz CT molecular complexity index is 604. The predicted molar refractivity (Wildman–Crippen MR) is 66.6 cm³/mol. The Morgan fingerprint density at radius 3 is 2.72 bits per heavy atom. The number of carbonyl (C=O) groups is 1. The summed E-state index contributed by atoms with van der Waals surface area (Å²) in [5.41, 5.74) is 8.44. The molecule has 94 valence electrons. The van der Waals surface area contributed by atoms with Crippen molar-refractivity contribution in [2.75, 3.05) is 12.8 Å². The highest BCUT2D eigenvalue weighted by molar-refractivity contribution is 5.89. The minimum Gasteiger partial charge on any atom is -0.465 e. The third-order valence-electron chi connectivity index (χ3n) is 2.73. The average molecular weight is 246 g/mol. The van der Waals surface area contributed by atoms with Crippen molar-refractivity contribution in [2.24, 2.45) is 0 Å². The first-order chi connectivity index (χ1) is 8.54. The van der Waals surface area contributed by atoms with Crippen molar-refractivity contribution >= 4 is 11.7 Å². The van der Waals surface area contributed by atoms with E-state index in [1.807, 2.05) is 13.8 Å². The van der Waals surface area contributed by atoms with E-state index in [1.54, 1.807) is 16.8 Å². The topological polar surface area (TPSA) is 83.0 Å². The lowest BCUT2D eigenvalue weighted by molar-refractivity contribution is 0.0600. The van der Waals surface area contributed by atoms with Crippen LogP contribution < -0.4 is 5.73 Å². The summed E-state index contributed by atoms with van der Waals surface area (Å²) in [6, 6.07) is 3.20. The van der Waals surface area contributed by atoms with Crippen molar-refractivity contribution in [3.8, 4) is 5.82 Å². The van der Waals surface area contributed by atoms with Crippen LogP contribution in [0, 0.1) is 13.8 Å². The number of esters is 1. The fourth-order valence-corrected chi connectivity index (χ4v) is 1.66. The molecule has 0 amide bonds. The zero-order chi connectivity index (χ0) is 13.3. The summed E-state index contributed by atoms with van der Waals surface area (Å²) in [6.07, 6.45) is 1.54. The largest absolute Gasteiger partial charge is 0.465 e. The Hall–Kier alpha value is -2.37. The van der Waals surface area contributed by atoms with Crippen LogP contribution in [0.1, 0.15) is 21.7 Å². The normalized spacial score (nSPS) is 10.4. The molecule has 2 heterocycles. The molecule has 0 aromatic carbocycles. The number of nitrogen functional groups attached to an aromatic ring is 1.